The topological polar surface area (TPSA) is 72.6 Å². The molecule has 0 bridgehead atoms. The second-order valence-electron chi connectivity index (χ2n) is 3.90. The molecular formula is C13H14N2O3S. The van der Waals surface area contributed by atoms with E-state index in [1.54, 1.807) is 25.3 Å². The van der Waals surface area contributed by atoms with Gasteiger partial charge >= 0.3 is 0 Å². The van der Waals surface area contributed by atoms with E-state index < -0.39 is 0 Å². The maximum absolute atomic E-state index is 12.0. The van der Waals surface area contributed by atoms with E-state index in [1.807, 2.05) is 12.1 Å². The molecule has 1 fully saturated rings. The minimum atomic E-state index is -0.281. The number of carbonyl (C=O) groups excluding carboxylic acids is 2. The molecule has 1 aliphatic heterocycles. The summed E-state index contributed by atoms with van der Waals surface area (Å²) < 4.78 is 5.06. The van der Waals surface area contributed by atoms with Crippen molar-refractivity contribution < 1.29 is 14.3 Å². The van der Waals surface area contributed by atoms with Gasteiger partial charge in [0.25, 0.3) is 11.1 Å². The molecule has 0 unspecified atom stereocenters. The molecule has 5 nitrogen and oxygen atoms in total. The summed E-state index contributed by atoms with van der Waals surface area (Å²) in [6.45, 7) is 0.526. The van der Waals surface area contributed by atoms with E-state index in [-0.39, 0.29) is 24.2 Å². The van der Waals surface area contributed by atoms with Crippen LogP contribution < -0.4 is 10.5 Å². The fourth-order valence-corrected chi connectivity index (χ4v) is 2.54. The van der Waals surface area contributed by atoms with Crippen LogP contribution in [0.1, 0.15) is 5.56 Å². The zero-order valence-electron chi connectivity index (χ0n) is 10.5. The van der Waals surface area contributed by atoms with Crippen LogP contribution in [-0.2, 0) is 4.79 Å². The molecule has 1 aromatic carbocycles. The van der Waals surface area contributed by atoms with Gasteiger partial charge in [-0.1, -0.05) is 12.1 Å². The standard InChI is InChI=1S/C13H14N2O3S/c1-18-10-4-2-9(3-5-10)8-11-12(16)15(7-6-14)13(17)19-11/h2-5,8H,6-7,14H2,1H3/b11-8-. The van der Waals surface area contributed by atoms with Gasteiger partial charge in [-0.05, 0) is 35.5 Å². The van der Waals surface area contributed by atoms with E-state index in [4.69, 9.17) is 10.5 Å². The molecule has 0 spiro atoms. The number of thioether (sulfide) groups is 1. The molecule has 0 aromatic heterocycles. The fourth-order valence-electron chi connectivity index (χ4n) is 1.67. The fraction of sp³-hybridized carbons (Fsp3) is 0.231. The number of benzene rings is 1. The molecule has 2 N–H and O–H groups in total. The number of nitrogens with zero attached hydrogens (tertiary/aromatic N) is 1. The predicted molar refractivity (Wildman–Crippen MR) is 74.7 cm³/mol. The maximum atomic E-state index is 12.0. The molecule has 0 aliphatic carbocycles. The van der Waals surface area contributed by atoms with E-state index in [1.165, 1.54) is 4.90 Å². The Morgan fingerprint density at radius 3 is 2.58 bits per heavy atom. The number of hydrogen-bond donors (Lipinski definition) is 1. The molecule has 6 heteroatoms. The first-order chi connectivity index (χ1) is 9.15. The zero-order valence-corrected chi connectivity index (χ0v) is 11.3. The van der Waals surface area contributed by atoms with Crippen LogP contribution in [0.25, 0.3) is 6.08 Å². The highest BCUT2D eigenvalue weighted by atomic mass is 32.2. The third-order valence-corrected chi connectivity index (χ3v) is 3.55. The largest absolute Gasteiger partial charge is 0.497 e. The molecule has 1 saturated heterocycles. The zero-order chi connectivity index (χ0) is 13.8. The van der Waals surface area contributed by atoms with Gasteiger partial charge in [-0.3, -0.25) is 14.5 Å². The Morgan fingerprint density at radius 2 is 2.00 bits per heavy atom. The van der Waals surface area contributed by atoms with Gasteiger partial charge in [0.15, 0.2) is 0 Å². The van der Waals surface area contributed by atoms with Gasteiger partial charge in [-0.15, -0.1) is 0 Å². The van der Waals surface area contributed by atoms with Gasteiger partial charge in [0.1, 0.15) is 5.75 Å². The quantitative estimate of drug-likeness (QED) is 0.848. The van der Waals surface area contributed by atoms with Crippen LogP contribution in [0.2, 0.25) is 0 Å². The number of methoxy groups -OCH3 is 1. The number of amides is 2. The van der Waals surface area contributed by atoms with Crippen LogP contribution in [-0.4, -0.2) is 36.2 Å². The monoisotopic (exact) mass is 278 g/mol. The van der Waals surface area contributed by atoms with E-state index in [0.29, 0.717) is 4.91 Å². The summed E-state index contributed by atoms with van der Waals surface area (Å²) in [5.74, 6) is 0.463. The Labute approximate surface area is 115 Å². The average molecular weight is 278 g/mol. The minimum absolute atomic E-state index is 0.255. The number of hydrogen-bond acceptors (Lipinski definition) is 5. The number of imide groups is 1. The van der Waals surface area contributed by atoms with Crippen molar-refractivity contribution in [2.24, 2.45) is 5.73 Å². The van der Waals surface area contributed by atoms with Gasteiger partial charge in [-0.2, -0.15) is 0 Å². The number of nitrogens with two attached hydrogens (primary N) is 1. The van der Waals surface area contributed by atoms with E-state index in [9.17, 15) is 9.59 Å². The Morgan fingerprint density at radius 1 is 1.32 bits per heavy atom. The summed E-state index contributed by atoms with van der Waals surface area (Å²) in [4.78, 5) is 25.2. The summed E-state index contributed by atoms with van der Waals surface area (Å²) in [5, 5.41) is -0.268. The van der Waals surface area contributed by atoms with Crippen LogP contribution in [0.4, 0.5) is 4.79 Å². The summed E-state index contributed by atoms with van der Waals surface area (Å²) >= 11 is 0.938. The lowest BCUT2D eigenvalue weighted by molar-refractivity contribution is -0.122. The van der Waals surface area contributed by atoms with Crippen molar-refractivity contribution in [3.05, 3.63) is 34.7 Å². The summed E-state index contributed by atoms with van der Waals surface area (Å²) in [6.07, 6.45) is 1.70. The summed E-state index contributed by atoms with van der Waals surface area (Å²) in [5.41, 5.74) is 6.22. The van der Waals surface area contributed by atoms with Crippen LogP contribution in [0.15, 0.2) is 29.2 Å². The Balaban J connectivity index is 2.19. The first kappa shape index (κ1) is 13.6. The minimum Gasteiger partial charge on any atom is -0.497 e. The first-order valence-corrected chi connectivity index (χ1v) is 6.57. The Bertz CT molecular complexity index is 525. The van der Waals surface area contributed by atoms with Crippen LogP contribution >= 0.6 is 11.8 Å². The predicted octanol–water partition coefficient (Wildman–Crippen LogP) is 1.69. The molecule has 0 saturated carbocycles. The summed E-state index contributed by atoms with van der Waals surface area (Å²) in [6, 6.07) is 7.26. The second-order valence-corrected chi connectivity index (χ2v) is 4.89. The van der Waals surface area contributed by atoms with Crippen molar-refractivity contribution in [3.63, 3.8) is 0 Å². The molecular weight excluding hydrogens is 264 g/mol. The Hall–Kier alpha value is -1.79. The Kier molecular flexibility index (Phi) is 4.24. The molecule has 2 amide bonds. The highest BCUT2D eigenvalue weighted by Gasteiger charge is 2.34. The van der Waals surface area contributed by atoms with Crippen molar-refractivity contribution in [1.29, 1.82) is 0 Å². The van der Waals surface area contributed by atoms with Gasteiger partial charge in [0.05, 0.1) is 12.0 Å². The lowest BCUT2D eigenvalue weighted by atomic mass is 10.2. The normalized spacial score (nSPS) is 17.4. The van der Waals surface area contributed by atoms with E-state index in [2.05, 4.69) is 0 Å². The van der Waals surface area contributed by atoms with Gasteiger partial charge in [0, 0.05) is 13.1 Å². The van der Waals surface area contributed by atoms with E-state index in [0.717, 1.165) is 23.1 Å². The lowest BCUT2D eigenvalue weighted by Crippen LogP contribution is -2.33. The SMILES string of the molecule is COc1ccc(/C=C2\SC(=O)N(CCN)C2=O)cc1. The third kappa shape index (κ3) is 2.97. The van der Waals surface area contributed by atoms with Gasteiger partial charge < -0.3 is 10.5 Å². The molecule has 0 atom stereocenters. The average Bonchev–Trinajstić information content (AvgIpc) is 2.68. The van der Waals surface area contributed by atoms with Crippen molar-refractivity contribution in [2.75, 3.05) is 20.2 Å². The van der Waals surface area contributed by atoms with Crippen molar-refractivity contribution in [1.82, 2.24) is 4.90 Å². The molecule has 19 heavy (non-hydrogen) atoms. The van der Waals surface area contributed by atoms with Crippen molar-refractivity contribution >= 4 is 29.0 Å². The molecule has 100 valence electrons. The van der Waals surface area contributed by atoms with Crippen LogP contribution in [0.5, 0.6) is 5.75 Å². The third-order valence-electron chi connectivity index (χ3n) is 2.64. The second kappa shape index (κ2) is 5.90. The number of ether oxygens (including phenoxy) is 1. The van der Waals surface area contributed by atoms with Gasteiger partial charge in [0.2, 0.25) is 0 Å². The van der Waals surface area contributed by atoms with Crippen LogP contribution in [0, 0.1) is 0 Å². The van der Waals surface area contributed by atoms with Crippen molar-refractivity contribution in [3.8, 4) is 5.75 Å². The van der Waals surface area contributed by atoms with Crippen molar-refractivity contribution in [2.45, 2.75) is 0 Å². The highest BCUT2D eigenvalue weighted by Crippen LogP contribution is 2.31. The van der Waals surface area contributed by atoms with Gasteiger partial charge in [-0.25, -0.2) is 0 Å². The first-order valence-electron chi connectivity index (χ1n) is 5.75. The molecule has 2 rings (SSSR count). The number of carbonyl (C=O) groups is 2. The molecule has 1 aromatic rings. The van der Waals surface area contributed by atoms with Crippen LogP contribution in [0.3, 0.4) is 0 Å². The highest BCUT2D eigenvalue weighted by molar-refractivity contribution is 8.18. The molecule has 1 aliphatic rings. The smallest absolute Gasteiger partial charge is 0.293 e. The molecule has 1 heterocycles. The summed E-state index contributed by atoms with van der Waals surface area (Å²) in [7, 11) is 1.59. The lowest BCUT2D eigenvalue weighted by Gasteiger charge is -2.09. The number of rotatable bonds is 4. The maximum Gasteiger partial charge on any atom is 0.293 e. The van der Waals surface area contributed by atoms with E-state index >= 15 is 0 Å². The molecule has 0 radical (unpaired) electrons.